The maximum Gasteiger partial charge on any atom is 0.147 e. The first-order valence-corrected chi connectivity index (χ1v) is 8.46. The average molecular weight is 249 g/mol. The summed E-state index contributed by atoms with van der Waals surface area (Å²) in [5.74, 6) is 0.339. The molecule has 0 heterocycles. The molecule has 1 atom stereocenters. The second-order valence-electron chi connectivity index (χ2n) is 4.54. The lowest BCUT2D eigenvalue weighted by atomic mass is 10.1. The van der Waals surface area contributed by atoms with Crippen molar-refractivity contribution in [3.8, 4) is 0 Å². The Balaban J connectivity index is 3.48. The Morgan fingerprint density at radius 3 is 2.31 bits per heavy atom. The van der Waals surface area contributed by atoms with Crippen molar-refractivity contribution in [2.24, 2.45) is 0 Å². The molecule has 0 aliphatic carbocycles. The molecular formula is C12H27NO2S. The first kappa shape index (κ1) is 15.9. The van der Waals surface area contributed by atoms with Gasteiger partial charge in [0.05, 0.1) is 0 Å². The van der Waals surface area contributed by atoms with Crippen LogP contribution in [-0.2, 0) is 9.84 Å². The SMILES string of the molecule is CCCNC(CC)CCCCCS(C)(=O)=O. The zero-order valence-electron chi connectivity index (χ0n) is 11.0. The summed E-state index contributed by atoms with van der Waals surface area (Å²) in [4.78, 5) is 0. The molecule has 0 aromatic heterocycles. The Morgan fingerprint density at radius 1 is 1.12 bits per heavy atom. The van der Waals surface area contributed by atoms with Crippen molar-refractivity contribution in [2.75, 3.05) is 18.6 Å². The third kappa shape index (κ3) is 10.4. The third-order valence-corrected chi connectivity index (χ3v) is 3.77. The molecule has 0 saturated carbocycles. The van der Waals surface area contributed by atoms with Crippen LogP contribution in [0, 0.1) is 0 Å². The molecule has 0 radical (unpaired) electrons. The molecule has 0 aromatic rings. The smallest absolute Gasteiger partial charge is 0.147 e. The Bertz CT molecular complexity index is 250. The second-order valence-corrected chi connectivity index (χ2v) is 6.80. The van der Waals surface area contributed by atoms with E-state index in [2.05, 4.69) is 19.2 Å². The van der Waals surface area contributed by atoms with E-state index in [4.69, 9.17) is 0 Å². The fourth-order valence-corrected chi connectivity index (χ4v) is 2.46. The van der Waals surface area contributed by atoms with E-state index in [-0.39, 0.29) is 0 Å². The van der Waals surface area contributed by atoms with Crippen molar-refractivity contribution in [1.82, 2.24) is 5.32 Å². The van der Waals surface area contributed by atoms with Crippen LogP contribution >= 0.6 is 0 Å². The summed E-state index contributed by atoms with van der Waals surface area (Å²) >= 11 is 0. The molecule has 1 N–H and O–H groups in total. The molecule has 0 rings (SSSR count). The standard InChI is InChI=1S/C12H27NO2S/c1-4-10-13-12(5-2)9-7-6-8-11-16(3,14)15/h12-13H,4-11H2,1-3H3. The molecular weight excluding hydrogens is 222 g/mol. The first-order chi connectivity index (χ1) is 7.49. The monoisotopic (exact) mass is 249 g/mol. The van der Waals surface area contributed by atoms with Crippen molar-refractivity contribution in [2.45, 2.75) is 58.4 Å². The summed E-state index contributed by atoms with van der Waals surface area (Å²) < 4.78 is 21.8. The fourth-order valence-electron chi connectivity index (χ4n) is 1.73. The summed E-state index contributed by atoms with van der Waals surface area (Å²) in [5.41, 5.74) is 0. The number of hydrogen-bond donors (Lipinski definition) is 1. The highest BCUT2D eigenvalue weighted by atomic mass is 32.2. The van der Waals surface area contributed by atoms with Crippen LogP contribution in [0.1, 0.15) is 52.4 Å². The molecule has 3 nitrogen and oxygen atoms in total. The van der Waals surface area contributed by atoms with E-state index in [0.717, 1.165) is 32.2 Å². The van der Waals surface area contributed by atoms with Crippen LogP contribution in [0.25, 0.3) is 0 Å². The summed E-state index contributed by atoms with van der Waals surface area (Å²) in [6, 6.07) is 0.609. The minimum atomic E-state index is -2.76. The maximum atomic E-state index is 10.9. The van der Waals surface area contributed by atoms with E-state index in [0.29, 0.717) is 11.8 Å². The van der Waals surface area contributed by atoms with Gasteiger partial charge in [-0.05, 0) is 32.2 Å². The van der Waals surface area contributed by atoms with Crippen LogP contribution in [0.2, 0.25) is 0 Å². The summed E-state index contributed by atoms with van der Waals surface area (Å²) in [7, 11) is -2.76. The molecule has 0 amide bonds. The Hall–Kier alpha value is -0.0900. The van der Waals surface area contributed by atoms with Crippen LogP contribution in [0.5, 0.6) is 0 Å². The van der Waals surface area contributed by atoms with Gasteiger partial charge in [0, 0.05) is 18.1 Å². The minimum Gasteiger partial charge on any atom is -0.314 e. The highest BCUT2D eigenvalue weighted by Gasteiger charge is 2.05. The second kappa shape index (κ2) is 8.99. The van der Waals surface area contributed by atoms with Gasteiger partial charge >= 0.3 is 0 Å². The Kier molecular flexibility index (Phi) is 8.94. The van der Waals surface area contributed by atoms with Gasteiger partial charge in [-0.1, -0.05) is 26.7 Å². The molecule has 98 valence electrons. The van der Waals surface area contributed by atoms with Crippen LogP contribution in [-0.4, -0.2) is 33.0 Å². The van der Waals surface area contributed by atoms with Gasteiger partial charge in [-0.25, -0.2) is 8.42 Å². The van der Waals surface area contributed by atoms with Crippen molar-refractivity contribution < 1.29 is 8.42 Å². The topological polar surface area (TPSA) is 46.2 Å². The van der Waals surface area contributed by atoms with Crippen molar-refractivity contribution in [1.29, 1.82) is 0 Å². The molecule has 16 heavy (non-hydrogen) atoms. The lowest BCUT2D eigenvalue weighted by Crippen LogP contribution is -2.28. The Morgan fingerprint density at radius 2 is 1.81 bits per heavy atom. The normalized spacial score (nSPS) is 13.9. The molecule has 0 spiro atoms. The number of sulfone groups is 1. The lowest BCUT2D eigenvalue weighted by molar-refractivity contribution is 0.448. The molecule has 0 saturated heterocycles. The zero-order valence-corrected chi connectivity index (χ0v) is 11.8. The van der Waals surface area contributed by atoms with E-state index >= 15 is 0 Å². The van der Waals surface area contributed by atoms with Gasteiger partial charge < -0.3 is 5.32 Å². The summed E-state index contributed by atoms with van der Waals surface area (Å²) in [6.07, 6.45) is 7.77. The molecule has 1 unspecified atom stereocenters. The molecule has 0 bridgehead atoms. The molecule has 4 heteroatoms. The fraction of sp³-hybridized carbons (Fsp3) is 1.00. The number of nitrogens with one attached hydrogen (secondary N) is 1. The quantitative estimate of drug-likeness (QED) is 0.605. The van der Waals surface area contributed by atoms with E-state index in [1.165, 1.54) is 19.1 Å². The van der Waals surface area contributed by atoms with Crippen LogP contribution < -0.4 is 5.32 Å². The van der Waals surface area contributed by atoms with Crippen LogP contribution in [0.3, 0.4) is 0 Å². The average Bonchev–Trinajstić information content (AvgIpc) is 2.20. The van der Waals surface area contributed by atoms with Crippen LogP contribution in [0.4, 0.5) is 0 Å². The van der Waals surface area contributed by atoms with Crippen molar-refractivity contribution in [3.63, 3.8) is 0 Å². The van der Waals surface area contributed by atoms with Crippen molar-refractivity contribution in [3.05, 3.63) is 0 Å². The van der Waals surface area contributed by atoms with Gasteiger partial charge in [0.1, 0.15) is 9.84 Å². The molecule has 0 fully saturated rings. The first-order valence-electron chi connectivity index (χ1n) is 6.40. The number of unbranched alkanes of at least 4 members (excludes halogenated alkanes) is 2. The van der Waals surface area contributed by atoms with E-state index in [9.17, 15) is 8.42 Å². The predicted molar refractivity (Wildman–Crippen MR) is 70.6 cm³/mol. The maximum absolute atomic E-state index is 10.9. The highest BCUT2D eigenvalue weighted by Crippen LogP contribution is 2.07. The van der Waals surface area contributed by atoms with E-state index < -0.39 is 9.84 Å². The van der Waals surface area contributed by atoms with Gasteiger partial charge in [0.15, 0.2) is 0 Å². The zero-order chi connectivity index (χ0) is 12.4. The largest absolute Gasteiger partial charge is 0.314 e. The minimum absolute atomic E-state index is 0.339. The highest BCUT2D eigenvalue weighted by molar-refractivity contribution is 7.90. The van der Waals surface area contributed by atoms with Gasteiger partial charge in [0.2, 0.25) is 0 Å². The number of rotatable bonds is 10. The van der Waals surface area contributed by atoms with Gasteiger partial charge in [-0.2, -0.15) is 0 Å². The lowest BCUT2D eigenvalue weighted by Gasteiger charge is -2.16. The molecule has 0 aromatic carbocycles. The number of hydrogen-bond acceptors (Lipinski definition) is 3. The molecule has 0 aliphatic heterocycles. The summed E-state index contributed by atoms with van der Waals surface area (Å²) in [5, 5.41) is 3.51. The van der Waals surface area contributed by atoms with Gasteiger partial charge in [-0.15, -0.1) is 0 Å². The van der Waals surface area contributed by atoms with Crippen LogP contribution in [0.15, 0.2) is 0 Å². The third-order valence-electron chi connectivity index (χ3n) is 2.74. The van der Waals surface area contributed by atoms with E-state index in [1.807, 2.05) is 0 Å². The predicted octanol–water partition coefficient (Wildman–Crippen LogP) is 2.37. The van der Waals surface area contributed by atoms with Crippen molar-refractivity contribution >= 4 is 9.84 Å². The summed E-state index contributed by atoms with van der Waals surface area (Å²) in [6.45, 7) is 5.46. The van der Waals surface area contributed by atoms with Gasteiger partial charge in [-0.3, -0.25) is 0 Å². The van der Waals surface area contributed by atoms with Gasteiger partial charge in [0.25, 0.3) is 0 Å². The molecule has 0 aliphatic rings. The Labute approximate surface area is 101 Å². The van der Waals surface area contributed by atoms with E-state index in [1.54, 1.807) is 0 Å².